The van der Waals surface area contributed by atoms with Crippen molar-refractivity contribution in [2.75, 3.05) is 38.2 Å². The number of rotatable bonds is 3. The van der Waals surface area contributed by atoms with Crippen LogP contribution in [0.15, 0.2) is 16.6 Å². The van der Waals surface area contributed by atoms with E-state index >= 15 is 0 Å². The molecule has 1 aromatic heterocycles. The van der Waals surface area contributed by atoms with Crippen molar-refractivity contribution < 1.29 is 4.74 Å². The molecule has 0 bridgehead atoms. The molecule has 2 atom stereocenters. The Morgan fingerprint density at radius 3 is 2.50 bits per heavy atom. The van der Waals surface area contributed by atoms with Crippen LogP contribution in [0.4, 0.5) is 5.13 Å². The molecule has 3 rings (SSSR count). The molecule has 6 nitrogen and oxygen atoms in total. The molecule has 0 spiro atoms. The molecular formula is C16H28IN5OS. The number of nitrogens with zero attached hydrogens (tertiary/aromatic N) is 4. The molecule has 1 saturated heterocycles. The fraction of sp³-hybridized carbons (Fsp3) is 0.750. The van der Waals surface area contributed by atoms with Crippen LogP contribution in [0.2, 0.25) is 0 Å². The van der Waals surface area contributed by atoms with Crippen molar-refractivity contribution in [3.63, 3.8) is 0 Å². The number of piperazine rings is 1. The van der Waals surface area contributed by atoms with Gasteiger partial charge in [-0.2, -0.15) is 0 Å². The molecule has 8 heteroatoms. The zero-order chi connectivity index (χ0) is 16.7. The van der Waals surface area contributed by atoms with E-state index in [9.17, 15) is 0 Å². The third-order valence-electron chi connectivity index (χ3n) is 5.81. The van der Waals surface area contributed by atoms with Crippen LogP contribution >= 0.6 is 35.3 Å². The largest absolute Gasteiger partial charge is 0.378 e. The average Bonchev–Trinajstić information content (AvgIpc) is 3.08. The lowest BCUT2D eigenvalue weighted by atomic mass is 9.56. The van der Waals surface area contributed by atoms with Crippen molar-refractivity contribution in [3.05, 3.63) is 11.6 Å². The fourth-order valence-electron chi connectivity index (χ4n) is 3.40. The molecule has 136 valence electrons. The number of anilines is 1. The van der Waals surface area contributed by atoms with E-state index in [0.29, 0.717) is 5.96 Å². The van der Waals surface area contributed by atoms with Gasteiger partial charge in [0, 0.05) is 50.3 Å². The molecule has 2 heterocycles. The van der Waals surface area contributed by atoms with E-state index in [4.69, 9.17) is 15.5 Å². The Morgan fingerprint density at radius 1 is 1.33 bits per heavy atom. The monoisotopic (exact) mass is 465 g/mol. The first-order valence-corrected chi connectivity index (χ1v) is 9.03. The van der Waals surface area contributed by atoms with E-state index < -0.39 is 0 Å². The SMILES string of the molecule is COC1(C)CC(N=C(N)N2CCN(c3nccs3)CC2)C1(C)C.I. The number of aliphatic imine (C=N–C) groups is 1. The van der Waals surface area contributed by atoms with Crippen LogP contribution in [-0.4, -0.2) is 60.8 Å². The van der Waals surface area contributed by atoms with E-state index in [1.165, 1.54) is 0 Å². The minimum absolute atomic E-state index is 0. The number of ether oxygens (including phenoxy) is 1. The van der Waals surface area contributed by atoms with Gasteiger partial charge in [-0.25, -0.2) is 9.98 Å². The first-order chi connectivity index (χ1) is 10.9. The van der Waals surface area contributed by atoms with Crippen LogP contribution in [0.3, 0.4) is 0 Å². The Bertz CT molecular complexity index is 571. The Balaban J connectivity index is 0.00000208. The summed E-state index contributed by atoms with van der Waals surface area (Å²) in [6.45, 7) is 10.2. The van der Waals surface area contributed by atoms with Gasteiger partial charge >= 0.3 is 0 Å². The van der Waals surface area contributed by atoms with Crippen molar-refractivity contribution in [3.8, 4) is 0 Å². The quantitative estimate of drug-likeness (QED) is 0.422. The number of methoxy groups -OCH3 is 1. The Morgan fingerprint density at radius 2 is 2.00 bits per heavy atom. The number of halogens is 1. The summed E-state index contributed by atoms with van der Waals surface area (Å²) in [6.07, 6.45) is 2.78. The van der Waals surface area contributed by atoms with Gasteiger partial charge in [0.1, 0.15) is 0 Å². The maximum absolute atomic E-state index is 6.28. The second-order valence-corrected chi connectivity index (χ2v) is 8.03. The number of aromatic nitrogens is 1. The highest BCUT2D eigenvalue weighted by atomic mass is 127. The Kier molecular flexibility index (Phi) is 6.02. The van der Waals surface area contributed by atoms with Gasteiger partial charge in [-0.3, -0.25) is 0 Å². The predicted molar refractivity (Wildman–Crippen MR) is 111 cm³/mol. The summed E-state index contributed by atoms with van der Waals surface area (Å²) in [6, 6.07) is 0.226. The molecule has 2 fully saturated rings. The van der Waals surface area contributed by atoms with Crippen molar-refractivity contribution in [1.29, 1.82) is 0 Å². The van der Waals surface area contributed by atoms with E-state index in [-0.39, 0.29) is 41.0 Å². The van der Waals surface area contributed by atoms with E-state index in [1.807, 2.05) is 11.6 Å². The lowest BCUT2D eigenvalue weighted by molar-refractivity contribution is -0.171. The summed E-state index contributed by atoms with van der Waals surface area (Å²) in [5.41, 5.74) is 6.18. The molecule has 0 radical (unpaired) electrons. The second kappa shape index (κ2) is 7.33. The average molecular weight is 465 g/mol. The minimum atomic E-state index is -0.106. The van der Waals surface area contributed by atoms with Crippen LogP contribution in [-0.2, 0) is 4.74 Å². The summed E-state index contributed by atoms with van der Waals surface area (Å²) >= 11 is 1.69. The highest BCUT2D eigenvalue weighted by molar-refractivity contribution is 14.0. The molecule has 1 aromatic rings. The lowest BCUT2D eigenvalue weighted by Gasteiger charge is -2.57. The lowest BCUT2D eigenvalue weighted by Crippen LogP contribution is -2.63. The molecular weight excluding hydrogens is 437 g/mol. The third-order valence-corrected chi connectivity index (χ3v) is 6.64. The van der Waals surface area contributed by atoms with E-state index in [0.717, 1.165) is 37.7 Å². The van der Waals surface area contributed by atoms with Gasteiger partial charge in [0.05, 0.1) is 11.6 Å². The summed E-state index contributed by atoms with van der Waals surface area (Å²) < 4.78 is 5.67. The zero-order valence-electron chi connectivity index (χ0n) is 14.9. The van der Waals surface area contributed by atoms with Gasteiger partial charge in [-0.15, -0.1) is 35.3 Å². The Labute approximate surface area is 165 Å². The number of hydrogen-bond acceptors (Lipinski definition) is 5. The first kappa shape index (κ1) is 19.7. The highest BCUT2D eigenvalue weighted by Gasteiger charge is 2.58. The minimum Gasteiger partial charge on any atom is -0.378 e. The van der Waals surface area contributed by atoms with Crippen LogP contribution in [0.25, 0.3) is 0 Å². The molecule has 0 amide bonds. The van der Waals surface area contributed by atoms with Crippen molar-refractivity contribution >= 4 is 46.4 Å². The molecule has 2 unspecified atom stereocenters. The van der Waals surface area contributed by atoms with Crippen LogP contribution in [0.1, 0.15) is 27.2 Å². The molecule has 0 aromatic carbocycles. The zero-order valence-corrected chi connectivity index (χ0v) is 18.0. The summed E-state index contributed by atoms with van der Waals surface area (Å²) in [5.74, 6) is 0.667. The maximum atomic E-state index is 6.28. The number of hydrogen-bond donors (Lipinski definition) is 1. The smallest absolute Gasteiger partial charge is 0.191 e. The second-order valence-electron chi connectivity index (χ2n) is 7.15. The number of thiazole rings is 1. The molecule has 2 aliphatic rings. The number of nitrogens with two attached hydrogens (primary N) is 1. The van der Waals surface area contributed by atoms with E-state index in [2.05, 4.69) is 35.6 Å². The van der Waals surface area contributed by atoms with E-state index in [1.54, 1.807) is 18.4 Å². The molecule has 1 aliphatic carbocycles. The third kappa shape index (κ3) is 3.37. The van der Waals surface area contributed by atoms with Crippen molar-refractivity contribution in [2.45, 2.75) is 38.8 Å². The molecule has 1 saturated carbocycles. The van der Waals surface area contributed by atoms with Crippen LogP contribution < -0.4 is 10.6 Å². The first-order valence-electron chi connectivity index (χ1n) is 8.15. The fourth-order valence-corrected chi connectivity index (χ4v) is 4.10. The molecule has 1 aliphatic heterocycles. The van der Waals surface area contributed by atoms with Crippen molar-refractivity contribution in [1.82, 2.24) is 9.88 Å². The van der Waals surface area contributed by atoms with Gasteiger partial charge in [-0.05, 0) is 13.3 Å². The predicted octanol–water partition coefficient (Wildman–Crippen LogP) is 2.40. The van der Waals surface area contributed by atoms with Gasteiger partial charge in [0.2, 0.25) is 0 Å². The Hall–Kier alpha value is -0.610. The topological polar surface area (TPSA) is 67.0 Å². The summed E-state index contributed by atoms with van der Waals surface area (Å²) in [7, 11) is 1.78. The summed E-state index contributed by atoms with van der Waals surface area (Å²) in [4.78, 5) is 13.7. The number of guanidine groups is 1. The molecule has 24 heavy (non-hydrogen) atoms. The van der Waals surface area contributed by atoms with Gasteiger partial charge < -0.3 is 20.3 Å². The van der Waals surface area contributed by atoms with Gasteiger partial charge in [-0.1, -0.05) is 13.8 Å². The maximum Gasteiger partial charge on any atom is 0.191 e. The van der Waals surface area contributed by atoms with Gasteiger partial charge in [0.25, 0.3) is 0 Å². The van der Waals surface area contributed by atoms with Crippen molar-refractivity contribution in [2.24, 2.45) is 16.1 Å². The van der Waals surface area contributed by atoms with Crippen LogP contribution in [0.5, 0.6) is 0 Å². The molecule has 2 N–H and O–H groups in total. The summed E-state index contributed by atoms with van der Waals surface area (Å²) in [5, 5.41) is 3.11. The normalized spacial score (nSPS) is 29.8. The highest BCUT2D eigenvalue weighted by Crippen LogP contribution is 2.53. The van der Waals surface area contributed by atoms with Gasteiger partial charge in [0.15, 0.2) is 11.1 Å². The van der Waals surface area contributed by atoms with Crippen LogP contribution in [0, 0.1) is 5.41 Å². The standard InChI is InChI=1S/C16H27N5OS.HI/c1-15(2)12(11-16(15,3)22-4)19-13(17)20-6-8-21(9-7-20)14-18-5-10-23-14;/h5,10,12H,6-9,11H2,1-4H3,(H2,17,19);1H.